The van der Waals surface area contributed by atoms with Crippen LogP contribution in [-0.4, -0.2) is 54.2 Å². The van der Waals surface area contributed by atoms with Crippen molar-refractivity contribution in [2.24, 2.45) is 0 Å². The number of nitrogens with one attached hydrogen (secondary N) is 1. The molecule has 1 atom stereocenters. The maximum atomic E-state index is 11.7. The Morgan fingerprint density at radius 1 is 1.00 bits per heavy atom. The van der Waals surface area contributed by atoms with Crippen LogP contribution in [0.3, 0.4) is 0 Å². The molecule has 0 heterocycles. The number of aryl methyl sites for hydroxylation is 1. The fourth-order valence-corrected chi connectivity index (χ4v) is 3.61. The smallest absolute Gasteiger partial charge is 0.338 e. The number of phenols is 1. The molecule has 0 aliphatic rings. The number of benzene rings is 2. The lowest BCUT2D eigenvalue weighted by molar-refractivity contribution is 0.0526. The first-order valence-corrected chi connectivity index (χ1v) is 12.2. The van der Waals surface area contributed by atoms with Crippen molar-refractivity contribution in [3.05, 3.63) is 64.7 Å². The molecule has 0 aliphatic heterocycles. The summed E-state index contributed by atoms with van der Waals surface area (Å²) in [6, 6.07) is 12.4. The number of hydrogen-bond donors (Lipinski definition) is 4. The van der Waals surface area contributed by atoms with Crippen LogP contribution in [0.2, 0.25) is 0 Å². The van der Waals surface area contributed by atoms with Crippen LogP contribution in [0.5, 0.6) is 5.75 Å². The van der Waals surface area contributed by atoms with E-state index in [-0.39, 0.29) is 18.3 Å². The fraction of sp³-hybridized carbons (Fsp3) is 0.519. The van der Waals surface area contributed by atoms with Gasteiger partial charge in [-0.1, -0.05) is 31.0 Å². The molecule has 7 nitrogen and oxygen atoms in total. The molecule has 4 N–H and O–H groups in total. The van der Waals surface area contributed by atoms with Crippen molar-refractivity contribution in [3.8, 4) is 5.75 Å². The SMILES string of the molecule is CCOC(=O)c1ccc(CCCOCCCCCCNCC(O)c2ccc(O)c(CO)c2)cc1. The molecule has 1 unspecified atom stereocenters. The maximum Gasteiger partial charge on any atom is 0.338 e. The molecule has 7 heteroatoms. The molecule has 2 aromatic carbocycles. The van der Waals surface area contributed by atoms with Crippen LogP contribution in [-0.2, 0) is 22.5 Å². The normalized spacial score (nSPS) is 12.0. The molecule has 0 saturated heterocycles. The minimum atomic E-state index is -0.671. The number of hydrogen-bond acceptors (Lipinski definition) is 7. The Kier molecular flexibility index (Phi) is 13.3. The van der Waals surface area contributed by atoms with E-state index < -0.39 is 6.10 Å². The zero-order valence-corrected chi connectivity index (χ0v) is 20.2. The van der Waals surface area contributed by atoms with Crippen LogP contribution < -0.4 is 5.32 Å². The van der Waals surface area contributed by atoms with Crippen molar-refractivity contribution >= 4 is 5.97 Å². The van der Waals surface area contributed by atoms with Crippen molar-refractivity contribution < 1.29 is 29.6 Å². The van der Waals surface area contributed by atoms with E-state index in [1.54, 1.807) is 19.1 Å². The second-order valence-electron chi connectivity index (χ2n) is 8.31. The van der Waals surface area contributed by atoms with Gasteiger partial charge in [0.1, 0.15) is 5.75 Å². The Bertz CT molecular complexity index is 840. The minimum absolute atomic E-state index is 0.0394. The number of aliphatic hydroxyl groups is 2. The van der Waals surface area contributed by atoms with Gasteiger partial charge in [0.05, 0.1) is 24.9 Å². The lowest BCUT2D eigenvalue weighted by atomic mass is 10.1. The summed E-state index contributed by atoms with van der Waals surface area (Å²) in [5, 5.41) is 32.3. The van der Waals surface area contributed by atoms with Crippen molar-refractivity contribution in [2.45, 2.75) is 58.2 Å². The standard InChI is InChI=1S/C27H39NO6/c1-2-34-27(32)22-11-9-21(10-12-22)8-7-17-33-16-6-4-3-5-15-28-19-26(31)23-13-14-25(30)24(18-23)20-29/h9-14,18,26,28-31H,2-8,15-17,19-20H2,1H3. The number of carbonyl (C=O) groups excluding carboxylic acids is 1. The molecule has 0 radical (unpaired) electrons. The van der Waals surface area contributed by atoms with Gasteiger partial charge in [0.15, 0.2) is 0 Å². The van der Waals surface area contributed by atoms with E-state index >= 15 is 0 Å². The van der Waals surface area contributed by atoms with Gasteiger partial charge in [-0.25, -0.2) is 4.79 Å². The van der Waals surface area contributed by atoms with E-state index in [1.807, 2.05) is 24.3 Å². The molecule has 2 rings (SSSR count). The third kappa shape index (κ3) is 10.2. The minimum Gasteiger partial charge on any atom is -0.508 e. The molecular weight excluding hydrogens is 434 g/mol. The van der Waals surface area contributed by atoms with Crippen LogP contribution in [0.4, 0.5) is 0 Å². The van der Waals surface area contributed by atoms with Crippen LogP contribution in [0, 0.1) is 0 Å². The van der Waals surface area contributed by atoms with Crippen molar-refractivity contribution in [1.29, 1.82) is 0 Å². The molecule has 0 aliphatic carbocycles. The number of aliphatic hydroxyl groups excluding tert-OH is 2. The van der Waals surface area contributed by atoms with Crippen LogP contribution in [0.15, 0.2) is 42.5 Å². The lowest BCUT2D eigenvalue weighted by Gasteiger charge is -2.14. The molecule has 0 fully saturated rings. The van der Waals surface area contributed by atoms with Gasteiger partial charge in [-0.3, -0.25) is 0 Å². The number of rotatable bonds is 17. The second-order valence-corrected chi connectivity index (χ2v) is 8.31. The zero-order valence-electron chi connectivity index (χ0n) is 20.2. The van der Waals surface area contributed by atoms with E-state index in [4.69, 9.17) is 9.47 Å². The van der Waals surface area contributed by atoms with Gasteiger partial charge in [-0.05, 0) is 74.5 Å². The lowest BCUT2D eigenvalue weighted by Crippen LogP contribution is -2.22. The Morgan fingerprint density at radius 3 is 2.47 bits per heavy atom. The second kappa shape index (κ2) is 16.2. The highest BCUT2D eigenvalue weighted by atomic mass is 16.5. The molecule has 0 spiro atoms. The van der Waals surface area contributed by atoms with Crippen molar-refractivity contribution in [1.82, 2.24) is 5.32 Å². The highest BCUT2D eigenvalue weighted by Crippen LogP contribution is 2.22. The average molecular weight is 474 g/mol. The summed E-state index contributed by atoms with van der Waals surface area (Å²) in [4.78, 5) is 11.7. The van der Waals surface area contributed by atoms with Crippen LogP contribution in [0.1, 0.15) is 72.2 Å². The van der Waals surface area contributed by atoms with E-state index in [1.165, 1.54) is 11.6 Å². The third-order valence-electron chi connectivity index (χ3n) is 5.61. The quantitative estimate of drug-likeness (QED) is 0.204. The number of aromatic hydroxyl groups is 1. The number of unbranched alkanes of at least 4 members (excludes halogenated alkanes) is 3. The van der Waals surface area contributed by atoms with Gasteiger partial charge in [0, 0.05) is 25.3 Å². The van der Waals surface area contributed by atoms with Gasteiger partial charge in [-0.2, -0.15) is 0 Å². The van der Waals surface area contributed by atoms with Crippen molar-refractivity contribution in [2.75, 3.05) is 32.9 Å². The molecule has 2 aromatic rings. The van der Waals surface area contributed by atoms with Crippen LogP contribution >= 0.6 is 0 Å². The third-order valence-corrected chi connectivity index (χ3v) is 5.61. The predicted octanol–water partition coefficient (Wildman–Crippen LogP) is 3.89. The summed E-state index contributed by atoms with van der Waals surface area (Å²) in [6.07, 6.45) is 5.48. The topological polar surface area (TPSA) is 108 Å². The monoisotopic (exact) mass is 473 g/mol. The van der Waals surface area contributed by atoms with Gasteiger partial charge in [0.25, 0.3) is 0 Å². The predicted molar refractivity (Wildman–Crippen MR) is 132 cm³/mol. The highest BCUT2D eigenvalue weighted by Gasteiger charge is 2.10. The van der Waals surface area contributed by atoms with Gasteiger partial charge in [-0.15, -0.1) is 0 Å². The molecular formula is C27H39NO6. The summed E-state index contributed by atoms with van der Waals surface area (Å²) in [5.41, 5.74) is 2.87. The Balaban J connectivity index is 1.43. The first-order valence-electron chi connectivity index (χ1n) is 12.2. The summed E-state index contributed by atoms with van der Waals surface area (Å²) >= 11 is 0. The molecule has 34 heavy (non-hydrogen) atoms. The van der Waals surface area contributed by atoms with Gasteiger partial charge in [0.2, 0.25) is 0 Å². The average Bonchev–Trinajstić information content (AvgIpc) is 2.85. The largest absolute Gasteiger partial charge is 0.508 e. The molecule has 0 aromatic heterocycles. The van der Waals surface area contributed by atoms with Gasteiger partial charge >= 0.3 is 5.97 Å². The Morgan fingerprint density at radius 2 is 1.74 bits per heavy atom. The summed E-state index contributed by atoms with van der Waals surface area (Å²) in [7, 11) is 0. The van der Waals surface area contributed by atoms with E-state index in [0.717, 1.165) is 58.3 Å². The summed E-state index contributed by atoms with van der Waals surface area (Å²) in [5.74, 6) is -0.241. The molecule has 188 valence electrons. The number of carbonyl (C=O) groups is 1. The van der Waals surface area contributed by atoms with E-state index in [0.29, 0.717) is 29.8 Å². The first kappa shape index (κ1) is 27.8. The van der Waals surface area contributed by atoms with E-state index in [9.17, 15) is 20.1 Å². The number of esters is 1. The summed E-state index contributed by atoms with van der Waals surface area (Å²) in [6.45, 7) is 4.69. The Labute approximate surface area is 202 Å². The maximum absolute atomic E-state index is 11.7. The summed E-state index contributed by atoms with van der Waals surface area (Å²) < 4.78 is 10.7. The molecule has 0 bridgehead atoms. The van der Waals surface area contributed by atoms with Crippen molar-refractivity contribution in [3.63, 3.8) is 0 Å². The first-order chi connectivity index (χ1) is 16.5. The van der Waals surface area contributed by atoms with E-state index in [2.05, 4.69) is 5.32 Å². The van der Waals surface area contributed by atoms with Crippen LogP contribution in [0.25, 0.3) is 0 Å². The zero-order chi connectivity index (χ0) is 24.6. The van der Waals surface area contributed by atoms with Gasteiger partial charge < -0.3 is 30.1 Å². The highest BCUT2D eigenvalue weighted by molar-refractivity contribution is 5.89. The molecule has 0 saturated carbocycles. The Hall–Kier alpha value is -2.45. The molecule has 0 amide bonds. The fourth-order valence-electron chi connectivity index (χ4n) is 3.61. The number of ether oxygens (including phenoxy) is 2.